The Labute approximate surface area is 86.7 Å². The highest BCUT2D eigenvalue weighted by Gasteiger charge is 2.17. The van der Waals surface area contributed by atoms with Crippen LogP contribution in [0.15, 0.2) is 10.7 Å². The maximum atomic E-state index is 12.3. The van der Waals surface area contributed by atoms with Gasteiger partial charge in [-0.1, -0.05) is 11.6 Å². The Balaban J connectivity index is 3.27. The highest BCUT2D eigenvalue weighted by atomic mass is 79.9. The fourth-order valence-corrected chi connectivity index (χ4v) is 1.72. The molecule has 0 saturated heterocycles. The van der Waals surface area contributed by atoms with E-state index in [0.29, 0.717) is 0 Å². The maximum absolute atomic E-state index is 12.3. The normalized spacial score (nSPS) is 10.9. The van der Waals surface area contributed by atoms with Gasteiger partial charge in [-0.15, -0.1) is 0 Å². The summed E-state index contributed by atoms with van der Waals surface area (Å²) >= 11 is 8.49. The van der Waals surface area contributed by atoms with Gasteiger partial charge in [-0.3, -0.25) is 0 Å². The van der Waals surface area contributed by atoms with Gasteiger partial charge in [0.2, 0.25) is 0 Å². The Bertz CT molecular complexity index is 322. The number of alkyl halides is 2. The van der Waals surface area contributed by atoms with E-state index in [1.54, 1.807) is 0 Å². The summed E-state index contributed by atoms with van der Waals surface area (Å²) in [6, 6.07) is 0. The summed E-state index contributed by atoms with van der Waals surface area (Å²) < 4.78 is 24.7. The van der Waals surface area contributed by atoms with Gasteiger partial charge in [-0.05, 0) is 15.9 Å². The number of halogens is 4. The molecule has 13 heavy (non-hydrogen) atoms. The molecule has 0 unspecified atom stereocenters. The fourth-order valence-electron chi connectivity index (χ4n) is 0.812. The number of pyridine rings is 1. The Hall–Kier alpha value is -0.260. The number of aliphatic hydroxyl groups is 1. The first-order valence-corrected chi connectivity index (χ1v) is 4.46. The molecule has 2 nitrogen and oxygen atoms in total. The van der Waals surface area contributed by atoms with Crippen molar-refractivity contribution in [3.05, 3.63) is 26.9 Å². The van der Waals surface area contributed by atoms with E-state index >= 15 is 0 Å². The van der Waals surface area contributed by atoms with E-state index in [9.17, 15) is 8.78 Å². The predicted octanol–water partition coefficient (Wildman–Crippen LogP) is 2.93. The van der Waals surface area contributed by atoms with Gasteiger partial charge in [0, 0.05) is 16.2 Å². The number of hydrogen-bond donors (Lipinski definition) is 1. The van der Waals surface area contributed by atoms with Crippen molar-refractivity contribution >= 4 is 27.5 Å². The second-order valence-electron chi connectivity index (χ2n) is 2.26. The summed E-state index contributed by atoms with van der Waals surface area (Å²) in [5.41, 5.74) is -0.0899. The summed E-state index contributed by atoms with van der Waals surface area (Å²) in [6.45, 7) is -0.424. The molecule has 72 valence electrons. The predicted molar refractivity (Wildman–Crippen MR) is 47.8 cm³/mol. The Kier molecular flexibility index (Phi) is 3.58. The minimum atomic E-state index is -2.63. The molecule has 6 heteroatoms. The first-order valence-electron chi connectivity index (χ1n) is 3.29. The molecular weight excluding hydrogens is 267 g/mol. The van der Waals surface area contributed by atoms with Crippen LogP contribution >= 0.6 is 27.5 Å². The van der Waals surface area contributed by atoms with Gasteiger partial charge in [-0.25, -0.2) is 13.8 Å². The largest absolute Gasteiger partial charge is 0.392 e. The quantitative estimate of drug-likeness (QED) is 0.840. The molecule has 0 fully saturated rings. The van der Waals surface area contributed by atoms with Crippen LogP contribution in [0.5, 0.6) is 0 Å². The average molecular weight is 272 g/mol. The highest BCUT2D eigenvalue weighted by Crippen LogP contribution is 2.32. The number of rotatable bonds is 2. The van der Waals surface area contributed by atoms with E-state index < -0.39 is 13.0 Å². The highest BCUT2D eigenvalue weighted by molar-refractivity contribution is 9.10. The van der Waals surface area contributed by atoms with Crippen molar-refractivity contribution in [3.63, 3.8) is 0 Å². The Morgan fingerprint density at radius 2 is 2.23 bits per heavy atom. The van der Waals surface area contributed by atoms with Gasteiger partial charge in [0.1, 0.15) is 5.15 Å². The zero-order valence-electron chi connectivity index (χ0n) is 6.27. The monoisotopic (exact) mass is 271 g/mol. The first kappa shape index (κ1) is 10.8. The second-order valence-corrected chi connectivity index (χ2v) is 3.41. The van der Waals surface area contributed by atoms with E-state index in [0.717, 1.165) is 6.20 Å². The summed E-state index contributed by atoms with van der Waals surface area (Å²) in [7, 11) is 0. The zero-order valence-corrected chi connectivity index (χ0v) is 8.61. The number of hydrogen-bond acceptors (Lipinski definition) is 2. The molecule has 0 atom stereocenters. The lowest BCUT2D eigenvalue weighted by Crippen LogP contribution is -1.96. The summed E-state index contributed by atoms with van der Waals surface area (Å²) in [6.07, 6.45) is -1.65. The third kappa shape index (κ3) is 2.15. The Morgan fingerprint density at radius 1 is 1.62 bits per heavy atom. The SMILES string of the molecule is OCc1c(Cl)ncc(C(F)F)c1Br. The van der Waals surface area contributed by atoms with Gasteiger partial charge in [0.25, 0.3) is 6.43 Å². The molecule has 0 aliphatic rings. The smallest absolute Gasteiger partial charge is 0.266 e. The van der Waals surface area contributed by atoms with Crippen molar-refractivity contribution in [1.29, 1.82) is 0 Å². The van der Waals surface area contributed by atoms with Crippen LogP contribution in [0, 0.1) is 0 Å². The standard InChI is InChI=1S/C7H5BrClF2NO/c8-5-3(7(10)11)1-12-6(9)4(5)2-13/h1,7,13H,2H2. The van der Waals surface area contributed by atoms with Crippen LogP contribution in [0.1, 0.15) is 17.6 Å². The van der Waals surface area contributed by atoms with Crippen LogP contribution in [-0.2, 0) is 6.61 Å². The third-order valence-electron chi connectivity index (χ3n) is 1.48. The molecule has 1 N–H and O–H groups in total. The molecule has 1 aromatic heterocycles. The van der Waals surface area contributed by atoms with Gasteiger partial charge in [0.15, 0.2) is 0 Å². The molecule has 0 radical (unpaired) electrons. The van der Waals surface area contributed by atoms with Gasteiger partial charge in [0.05, 0.1) is 12.2 Å². The van der Waals surface area contributed by atoms with Crippen LogP contribution in [0.3, 0.4) is 0 Å². The Morgan fingerprint density at radius 3 is 2.69 bits per heavy atom. The molecule has 1 heterocycles. The molecule has 0 spiro atoms. The zero-order chi connectivity index (χ0) is 10.0. The van der Waals surface area contributed by atoms with Crippen LogP contribution in [0.4, 0.5) is 8.78 Å². The number of aliphatic hydroxyl groups excluding tert-OH is 1. The van der Waals surface area contributed by atoms with Crippen molar-refractivity contribution < 1.29 is 13.9 Å². The van der Waals surface area contributed by atoms with Crippen molar-refractivity contribution in [2.45, 2.75) is 13.0 Å². The molecule has 0 bridgehead atoms. The lowest BCUT2D eigenvalue weighted by Gasteiger charge is -2.07. The summed E-state index contributed by atoms with van der Waals surface area (Å²) in [5.74, 6) is 0. The van der Waals surface area contributed by atoms with E-state index in [1.807, 2.05) is 0 Å². The van der Waals surface area contributed by atoms with Crippen molar-refractivity contribution in [3.8, 4) is 0 Å². The van der Waals surface area contributed by atoms with Crippen LogP contribution < -0.4 is 0 Å². The summed E-state index contributed by atoms with van der Waals surface area (Å²) in [5, 5.41) is 8.83. The lowest BCUT2D eigenvalue weighted by atomic mass is 10.2. The van der Waals surface area contributed by atoms with E-state index in [2.05, 4.69) is 20.9 Å². The maximum Gasteiger partial charge on any atom is 0.266 e. The molecule has 0 saturated carbocycles. The average Bonchev–Trinajstić information content (AvgIpc) is 2.04. The molecule has 0 aliphatic heterocycles. The molecule has 0 amide bonds. The van der Waals surface area contributed by atoms with Gasteiger partial charge < -0.3 is 5.11 Å². The number of aromatic nitrogens is 1. The van der Waals surface area contributed by atoms with Crippen molar-refractivity contribution in [2.75, 3.05) is 0 Å². The summed E-state index contributed by atoms with van der Waals surface area (Å²) in [4.78, 5) is 3.53. The molecule has 0 aliphatic carbocycles. The fraction of sp³-hybridized carbons (Fsp3) is 0.286. The number of nitrogens with zero attached hydrogens (tertiary/aromatic N) is 1. The van der Waals surface area contributed by atoms with Crippen LogP contribution in [-0.4, -0.2) is 10.1 Å². The van der Waals surface area contributed by atoms with Crippen LogP contribution in [0.25, 0.3) is 0 Å². The van der Waals surface area contributed by atoms with Crippen LogP contribution in [0.2, 0.25) is 5.15 Å². The van der Waals surface area contributed by atoms with Gasteiger partial charge in [-0.2, -0.15) is 0 Å². The topological polar surface area (TPSA) is 33.1 Å². The molecule has 1 rings (SSSR count). The minimum absolute atomic E-state index is 0.0266. The van der Waals surface area contributed by atoms with Crippen molar-refractivity contribution in [1.82, 2.24) is 4.98 Å². The van der Waals surface area contributed by atoms with E-state index in [4.69, 9.17) is 16.7 Å². The van der Waals surface area contributed by atoms with Crippen molar-refractivity contribution in [2.24, 2.45) is 0 Å². The molecular formula is C7H5BrClF2NO. The van der Waals surface area contributed by atoms with Gasteiger partial charge >= 0.3 is 0 Å². The molecule has 1 aromatic rings. The third-order valence-corrected chi connectivity index (χ3v) is 2.74. The van der Waals surface area contributed by atoms with E-state index in [-0.39, 0.29) is 20.8 Å². The molecule has 0 aromatic carbocycles. The lowest BCUT2D eigenvalue weighted by molar-refractivity contribution is 0.149. The second kappa shape index (κ2) is 4.30. The first-order chi connectivity index (χ1) is 6.07. The minimum Gasteiger partial charge on any atom is -0.392 e. The van der Waals surface area contributed by atoms with E-state index in [1.165, 1.54) is 0 Å².